The Morgan fingerprint density at radius 2 is 0.734 bits per heavy atom. The standard InChI is InChI=1S/2C27H31OSi.2CH3.2ClH.Si.Zr/c2*1-16-11-21-14-22(25-10-9-19(4)28-25)15-24(21)26(20(16)5)23-12-17(2)27(18(3)13-23)29(6,7)8;;;;;;/h2*9-15H,1-8H3;2*1H3;2*1H;;/q4*-1;;;;. The minimum atomic E-state index is -1.37. The Kier molecular flexibility index (Phi) is 19.6. The number of aryl methyl sites for hydroxylation is 8. The second-order valence-electron chi connectivity index (χ2n) is 19.2. The Bertz CT molecular complexity index is 2650. The second-order valence-corrected chi connectivity index (χ2v) is 29.2. The first-order valence-electron chi connectivity index (χ1n) is 21.2. The van der Waals surface area contributed by atoms with Crippen molar-refractivity contribution in [1.82, 2.24) is 0 Å². The quantitative estimate of drug-likeness (QED) is 0.123. The molecule has 0 saturated carbocycles. The Balaban J connectivity index is 0.000000400. The SMILES string of the molecule is Cc1ccc(-c2cc3c(-c4cc(C)c([Si](C)(C)C)c(C)c4)c(C)c(C)cc3[cH-]2)o1.Cc1ccc(-c2cc3c(-c4cc(C)c([Si](C)(C)C)c(C)c4)c(C)c(C)cc3[cH-]2)o1.Cl.Cl.[CH3-].[CH3-].[Si]=[Zr]. The van der Waals surface area contributed by atoms with Gasteiger partial charge in [-0.3, -0.25) is 0 Å². The topological polar surface area (TPSA) is 26.3 Å². The van der Waals surface area contributed by atoms with Gasteiger partial charge in [-0.05, 0) is 116 Å². The van der Waals surface area contributed by atoms with Crippen LogP contribution in [0, 0.1) is 84.1 Å². The van der Waals surface area contributed by atoms with Crippen molar-refractivity contribution in [3.63, 3.8) is 0 Å². The molecule has 0 atom stereocenters. The molecule has 0 unspecified atom stereocenters. The summed E-state index contributed by atoms with van der Waals surface area (Å²) >= 11 is 1.36. The summed E-state index contributed by atoms with van der Waals surface area (Å²) in [7, 11) is -2.75. The molecule has 0 aliphatic rings. The van der Waals surface area contributed by atoms with Gasteiger partial charge >= 0.3 is 30.2 Å². The zero-order valence-electron chi connectivity index (χ0n) is 41.7. The minimum absolute atomic E-state index is 0. The van der Waals surface area contributed by atoms with Crippen molar-refractivity contribution in [3.05, 3.63) is 156 Å². The van der Waals surface area contributed by atoms with Gasteiger partial charge in [-0.15, -0.1) is 82.8 Å². The van der Waals surface area contributed by atoms with Gasteiger partial charge in [0.25, 0.3) is 0 Å². The molecule has 2 aromatic heterocycles. The molecular formula is C56H70Cl2O2Si3Zr-4. The van der Waals surface area contributed by atoms with Crippen LogP contribution < -0.4 is 10.4 Å². The van der Waals surface area contributed by atoms with Crippen molar-refractivity contribution in [3.8, 4) is 44.9 Å². The molecule has 0 bridgehead atoms. The Morgan fingerprint density at radius 3 is 0.984 bits per heavy atom. The molecule has 0 saturated heterocycles. The number of benzene rings is 4. The fourth-order valence-corrected chi connectivity index (χ4v) is 15.0. The van der Waals surface area contributed by atoms with Gasteiger partial charge in [0.2, 0.25) is 0 Å². The van der Waals surface area contributed by atoms with E-state index >= 15 is 0 Å². The fourth-order valence-electron chi connectivity index (χ4n) is 9.99. The summed E-state index contributed by atoms with van der Waals surface area (Å²) in [5, 5.41) is 8.40. The number of halogens is 2. The van der Waals surface area contributed by atoms with Crippen LogP contribution >= 0.6 is 24.8 Å². The van der Waals surface area contributed by atoms with Crippen LogP contribution in [0.25, 0.3) is 66.4 Å². The van der Waals surface area contributed by atoms with Crippen LogP contribution in [0.5, 0.6) is 0 Å². The number of hydrogen-bond donors (Lipinski definition) is 0. The fraction of sp³-hybridized carbons (Fsp3) is 0.286. The average molecular weight is 1020 g/mol. The number of rotatable bonds is 6. The molecule has 0 spiro atoms. The van der Waals surface area contributed by atoms with Crippen LogP contribution in [-0.2, 0) is 23.3 Å². The summed E-state index contributed by atoms with van der Waals surface area (Å²) in [5.74, 6) is 3.79. The van der Waals surface area contributed by atoms with Crippen molar-refractivity contribution < 1.29 is 32.2 Å². The molecule has 6 aromatic carbocycles. The van der Waals surface area contributed by atoms with Crippen LogP contribution in [0.3, 0.4) is 0 Å². The van der Waals surface area contributed by atoms with E-state index < -0.39 is 16.1 Å². The number of hydrogen-bond acceptors (Lipinski definition) is 2. The molecule has 0 aliphatic carbocycles. The van der Waals surface area contributed by atoms with Crippen LogP contribution in [0.2, 0.25) is 39.3 Å². The third-order valence-electron chi connectivity index (χ3n) is 12.3. The summed E-state index contributed by atoms with van der Waals surface area (Å²) in [6.07, 6.45) is 0. The molecule has 0 fully saturated rings. The zero-order chi connectivity index (χ0) is 44.2. The van der Waals surface area contributed by atoms with Crippen LogP contribution in [-0.4, -0.2) is 23.0 Å². The summed E-state index contributed by atoms with van der Waals surface area (Å²) < 4.78 is 11.8. The Morgan fingerprint density at radius 1 is 0.438 bits per heavy atom. The van der Waals surface area contributed by atoms with E-state index in [4.69, 9.17) is 8.83 Å². The van der Waals surface area contributed by atoms with E-state index in [2.05, 4.69) is 174 Å². The predicted octanol–water partition coefficient (Wildman–Crippen LogP) is 16.5. The summed E-state index contributed by atoms with van der Waals surface area (Å²) in [4.78, 5) is 0. The normalized spacial score (nSPS) is 11.0. The van der Waals surface area contributed by atoms with Gasteiger partial charge in [0.1, 0.15) is 0 Å². The predicted molar refractivity (Wildman–Crippen MR) is 292 cm³/mol. The third kappa shape index (κ3) is 11.5. The molecule has 0 amide bonds. The van der Waals surface area contributed by atoms with Crippen LogP contribution in [0.1, 0.15) is 56.0 Å². The molecule has 8 heteroatoms. The molecule has 8 aromatic rings. The Labute approximate surface area is 417 Å². The van der Waals surface area contributed by atoms with E-state index in [1.54, 1.807) is 10.4 Å². The summed E-state index contributed by atoms with van der Waals surface area (Å²) in [6, 6.07) is 31.6. The van der Waals surface area contributed by atoms with Crippen molar-refractivity contribution in [1.29, 1.82) is 0 Å². The van der Waals surface area contributed by atoms with Gasteiger partial charge in [-0.2, -0.15) is 0 Å². The van der Waals surface area contributed by atoms with Crippen molar-refractivity contribution in [2.24, 2.45) is 0 Å². The molecule has 2 radical (unpaired) electrons. The van der Waals surface area contributed by atoms with E-state index in [1.807, 2.05) is 26.0 Å². The van der Waals surface area contributed by atoms with E-state index in [9.17, 15) is 0 Å². The van der Waals surface area contributed by atoms with E-state index in [-0.39, 0.29) is 39.7 Å². The monoisotopic (exact) mass is 1020 g/mol. The van der Waals surface area contributed by atoms with Gasteiger partial charge in [-0.1, -0.05) is 130 Å². The zero-order valence-corrected chi connectivity index (χ0v) is 48.8. The summed E-state index contributed by atoms with van der Waals surface area (Å²) in [5.41, 5.74) is 18.8. The van der Waals surface area contributed by atoms with Crippen molar-refractivity contribution in [2.75, 3.05) is 0 Å². The van der Waals surface area contributed by atoms with Crippen LogP contribution in [0.4, 0.5) is 0 Å². The molecule has 0 N–H and O–H groups in total. The van der Waals surface area contributed by atoms with E-state index in [0.717, 1.165) is 34.2 Å². The van der Waals surface area contributed by atoms with Crippen molar-refractivity contribution >= 4 is 79.8 Å². The second kappa shape index (κ2) is 22.0. The molecule has 2 nitrogen and oxygen atoms in total. The van der Waals surface area contributed by atoms with Crippen LogP contribution in [0.15, 0.2) is 93.8 Å². The van der Waals surface area contributed by atoms with Gasteiger partial charge in [-0.25, -0.2) is 0 Å². The molecule has 2 heterocycles. The maximum atomic E-state index is 5.90. The average Bonchev–Trinajstić information content (AvgIpc) is 3.95. The van der Waals surface area contributed by atoms with Gasteiger partial charge in [0.15, 0.2) is 0 Å². The first kappa shape index (κ1) is 56.9. The van der Waals surface area contributed by atoms with Gasteiger partial charge in [0.05, 0.1) is 39.2 Å². The molecule has 64 heavy (non-hydrogen) atoms. The van der Waals surface area contributed by atoms with Gasteiger partial charge < -0.3 is 23.7 Å². The molecular weight excluding hydrogens is 951 g/mol. The summed E-state index contributed by atoms with van der Waals surface area (Å²) in [6.45, 7) is 39.8. The number of furan rings is 2. The van der Waals surface area contributed by atoms with E-state index in [1.165, 1.54) is 112 Å². The first-order valence-corrected chi connectivity index (χ1v) is 32.3. The maximum absolute atomic E-state index is 5.90. The van der Waals surface area contributed by atoms with E-state index in [0.29, 0.717) is 0 Å². The molecule has 0 aliphatic heterocycles. The first-order chi connectivity index (χ1) is 28.1. The third-order valence-corrected chi connectivity index (χ3v) is 16.8. The van der Waals surface area contributed by atoms with Gasteiger partial charge in [0, 0.05) is 0 Å². The number of fused-ring (bicyclic) bond motifs is 2. The molecule has 340 valence electrons. The van der Waals surface area contributed by atoms with Crippen molar-refractivity contribution in [2.45, 2.75) is 109 Å². The Hall–Kier alpha value is -3.23. The molecule has 8 rings (SSSR count).